The van der Waals surface area contributed by atoms with Gasteiger partial charge in [-0.2, -0.15) is 0 Å². The minimum absolute atomic E-state index is 0.0469. The first-order chi connectivity index (χ1) is 4.29. The number of hydrogen-bond acceptors (Lipinski definition) is 1. The van der Waals surface area contributed by atoms with Gasteiger partial charge in [-0.15, -0.1) is 0 Å². The predicted molar refractivity (Wildman–Crippen MR) is 38.0 cm³/mol. The van der Waals surface area contributed by atoms with E-state index in [9.17, 15) is 0 Å². The molecule has 1 unspecified atom stereocenters. The van der Waals surface area contributed by atoms with Crippen molar-refractivity contribution in [2.75, 3.05) is 6.54 Å². The second-order valence-corrected chi connectivity index (χ2v) is 2.90. The second-order valence-electron chi connectivity index (χ2n) is 2.90. The first-order valence-corrected chi connectivity index (χ1v) is 3.71. The van der Waals surface area contributed by atoms with Crippen molar-refractivity contribution >= 4 is 0 Å². The standard InChI is InChI=1S/C7H15N2/c1-6(8)9-5-7-3-2-4-7/h6-7H,2-5,8H2,1H3. The van der Waals surface area contributed by atoms with Gasteiger partial charge in [0.25, 0.3) is 0 Å². The van der Waals surface area contributed by atoms with Crippen LogP contribution >= 0.6 is 0 Å². The molecule has 1 fully saturated rings. The van der Waals surface area contributed by atoms with Crippen molar-refractivity contribution in [2.24, 2.45) is 11.7 Å². The van der Waals surface area contributed by atoms with E-state index in [4.69, 9.17) is 5.73 Å². The van der Waals surface area contributed by atoms with Crippen LogP contribution in [0.1, 0.15) is 26.2 Å². The Hall–Kier alpha value is -0.0800. The normalized spacial score (nSPS) is 23.3. The molecule has 0 saturated heterocycles. The van der Waals surface area contributed by atoms with Crippen molar-refractivity contribution in [3.05, 3.63) is 0 Å². The zero-order chi connectivity index (χ0) is 6.69. The summed E-state index contributed by atoms with van der Waals surface area (Å²) in [6.07, 6.45) is 4.19. The lowest BCUT2D eigenvalue weighted by Gasteiger charge is -2.25. The average Bonchev–Trinajstić information content (AvgIpc) is 1.60. The van der Waals surface area contributed by atoms with Gasteiger partial charge < -0.3 is 5.73 Å². The fourth-order valence-corrected chi connectivity index (χ4v) is 0.991. The molecule has 0 aromatic rings. The van der Waals surface area contributed by atoms with E-state index in [0.29, 0.717) is 0 Å². The monoisotopic (exact) mass is 127 g/mol. The summed E-state index contributed by atoms with van der Waals surface area (Å²) in [7, 11) is 0. The topological polar surface area (TPSA) is 40.1 Å². The van der Waals surface area contributed by atoms with Crippen molar-refractivity contribution in [2.45, 2.75) is 32.4 Å². The van der Waals surface area contributed by atoms with Crippen LogP contribution in [0.15, 0.2) is 0 Å². The lowest BCUT2D eigenvalue weighted by atomic mass is 9.85. The van der Waals surface area contributed by atoms with Crippen LogP contribution in [0.5, 0.6) is 0 Å². The number of nitrogens with zero attached hydrogens (tertiary/aromatic N) is 1. The molecule has 9 heavy (non-hydrogen) atoms. The SMILES string of the molecule is CC(N)[N]CC1CCC1. The Bertz CT molecular complexity index is 77.0. The molecule has 0 spiro atoms. The van der Waals surface area contributed by atoms with Gasteiger partial charge in [0.1, 0.15) is 0 Å². The Kier molecular flexibility index (Phi) is 2.49. The highest BCUT2D eigenvalue weighted by Gasteiger charge is 2.17. The molecule has 1 atom stereocenters. The Balaban J connectivity index is 1.91. The van der Waals surface area contributed by atoms with Crippen molar-refractivity contribution in [1.29, 1.82) is 0 Å². The van der Waals surface area contributed by atoms with Crippen molar-refractivity contribution in [1.82, 2.24) is 5.32 Å². The van der Waals surface area contributed by atoms with Crippen molar-refractivity contribution < 1.29 is 0 Å². The van der Waals surface area contributed by atoms with Gasteiger partial charge in [0.05, 0.1) is 6.17 Å². The smallest absolute Gasteiger partial charge is 0.0682 e. The van der Waals surface area contributed by atoms with Gasteiger partial charge in [-0.25, -0.2) is 5.32 Å². The van der Waals surface area contributed by atoms with Gasteiger partial charge >= 0.3 is 0 Å². The van der Waals surface area contributed by atoms with E-state index in [1.54, 1.807) is 0 Å². The summed E-state index contributed by atoms with van der Waals surface area (Å²) in [5.74, 6) is 0.871. The van der Waals surface area contributed by atoms with Crippen molar-refractivity contribution in [3.63, 3.8) is 0 Å². The van der Waals surface area contributed by atoms with E-state index in [0.717, 1.165) is 12.5 Å². The first-order valence-electron chi connectivity index (χ1n) is 3.71. The molecule has 2 N–H and O–H groups in total. The molecule has 1 aliphatic carbocycles. The molecule has 2 heteroatoms. The minimum atomic E-state index is 0.0469. The maximum Gasteiger partial charge on any atom is 0.0682 e. The number of rotatable bonds is 3. The quantitative estimate of drug-likeness (QED) is 0.595. The third-order valence-electron chi connectivity index (χ3n) is 1.88. The second kappa shape index (κ2) is 3.18. The van der Waals surface area contributed by atoms with E-state index in [2.05, 4.69) is 5.32 Å². The molecule has 1 radical (unpaired) electrons. The van der Waals surface area contributed by atoms with Gasteiger partial charge in [0.15, 0.2) is 0 Å². The van der Waals surface area contributed by atoms with Crippen LogP contribution < -0.4 is 11.1 Å². The van der Waals surface area contributed by atoms with E-state index >= 15 is 0 Å². The molecular weight excluding hydrogens is 112 g/mol. The summed E-state index contributed by atoms with van der Waals surface area (Å²) in [6, 6.07) is 0. The van der Waals surface area contributed by atoms with Crippen LogP contribution in [0.2, 0.25) is 0 Å². The molecule has 0 aromatic carbocycles. The third kappa shape index (κ3) is 2.33. The fraction of sp³-hybridized carbons (Fsp3) is 1.00. The van der Waals surface area contributed by atoms with Crippen LogP contribution in [0.25, 0.3) is 0 Å². The highest BCUT2D eigenvalue weighted by molar-refractivity contribution is 4.71. The highest BCUT2D eigenvalue weighted by atomic mass is 15.0. The summed E-state index contributed by atoms with van der Waals surface area (Å²) < 4.78 is 0. The Morgan fingerprint density at radius 2 is 2.33 bits per heavy atom. The molecule has 53 valence electrons. The lowest BCUT2D eigenvalue weighted by molar-refractivity contribution is 0.289. The van der Waals surface area contributed by atoms with Gasteiger partial charge in [0.2, 0.25) is 0 Å². The average molecular weight is 127 g/mol. The van der Waals surface area contributed by atoms with Crippen LogP contribution in [0, 0.1) is 5.92 Å². The van der Waals surface area contributed by atoms with E-state index in [1.807, 2.05) is 6.92 Å². The largest absolute Gasteiger partial charge is 0.315 e. The summed E-state index contributed by atoms with van der Waals surface area (Å²) in [6.45, 7) is 2.93. The summed E-state index contributed by atoms with van der Waals surface area (Å²) >= 11 is 0. The summed E-state index contributed by atoms with van der Waals surface area (Å²) in [5, 5.41) is 4.22. The van der Waals surface area contributed by atoms with Crippen LogP contribution in [-0.4, -0.2) is 12.7 Å². The maximum atomic E-state index is 5.45. The molecule has 0 heterocycles. The molecule has 0 aliphatic heterocycles. The van der Waals surface area contributed by atoms with E-state index < -0.39 is 0 Å². The first kappa shape index (κ1) is 7.03. The third-order valence-corrected chi connectivity index (χ3v) is 1.88. The van der Waals surface area contributed by atoms with Gasteiger partial charge in [-0.3, -0.25) is 0 Å². The lowest BCUT2D eigenvalue weighted by Crippen LogP contribution is -2.33. The van der Waals surface area contributed by atoms with Crippen molar-refractivity contribution in [3.8, 4) is 0 Å². The zero-order valence-electron chi connectivity index (χ0n) is 6.01. The number of hydrogen-bond donors (Lipinski definition) is 1. The molecule has 0 aromatic heterocycles. The predicted octanol–water partition coefficient (Wildman–Crippen LogP) is 0.696. The fourth-order valence-electron chi connectivity index (χ4n) is 0.991. The molecule has 1 saturated carbocycles. The van der Waals surface area contributed by atoms with Gasteiger partial charge in [0, 0.05) is 6.54 Å². The van der Waals surface area contributed by atoms with Crippen LogP contribution in [-0.2, 0) is 0 Å². The summed E-state index contributed by atoms with van der Waals surface area (Å²) in [4.78, 5) is 0. The Morgan fingerprint density at radius 3 is 2.67 bits per heavy atom. The molecule has 0 amide bonds. The van der Waals surface area contributed by atoms with E-state index in [1.165, 1.54) is 19.3 Å². The zero-order valence-corrected chi connectivity index (χ0v) is 6.01. The minimum Gasteiger partial charge on any atom is -0.315 e. The van der Waals surface area contributed by atoms with Crippen LogP contribution in [0.3, 0.4) is 0 Å². The molecule has 1 aliphatic rings. The Labute approximate surface area is 56.8 Å². The van der Waals surface area contributed by atoms with Gasteiger partial charge in [-0.05, 0) is 25.7 Å². The molecule has 2 nitrogen and oxygen atoms in total. The summed E-state index contributed by atoms with van der Waals surface area (Å²) in [5.41, 5.74) is 5.45. The highest BCUT2D eigenvalue weighted by Crippen LogP contribution is 2.25. The molecular formula is C7H15N2. The molecule has 1 rings (SSSR count). The van der Waals surface area contributed by atoms with Gasteiger partial charge in [-0.1, -0.05) is 6.42 Å². The van der Waals surface area contributed by atoms with E-state index in [-0.39, 0.29) is 6.17 Å². The Morgan fingerprint density at radius 1 is 1.67 bits per heavy atom. The maximum absolute atomic E-state index is 5.45. The number of nitrogens with two attached hydrogens (primary N) is 1. The molecule has 0 bridgehead atoms. The van der Waals surface area contributed by atoms with Crippen LogP contribution in [0.4, 0.5) is 0 Å².